The number of aromatic nitrogens is 1. The summed E-state index contributed by atoms with van der Waals surface area (Å²) in [4.78, 5) is 19.0. The second-order valence-electron chi connectivity index (χ2n) is 8.12. The number of nitrogens with zero attached hydrogens (tertiary/aromatic N) is 2. The Morgan fingerprint density at radius 1 is 1.42 bits per heavy atom. The number of para-hydroxylation sites is 1. The van der Waals surface area contributed by atoms with Crippen molar-refractivity contribution in [2.45, 2.75) is 77.2 Å². The third-order valence-electron chi connectivity index (χ3n) is 4.88. The lowest BCUT2D eigenvalue weighted by molar-refractivity contribution is -0.0111. The number of hydrogen-bond donors (Lipinski definition) is 1. The quantitative estimate of drug-likeness (QED) is 0.828. The number of rotatable bonds is 3. The molecule has 0 aliphatic carbocycles. The normalized spacial score (nSPS) is 22.4. The molecule has 3 atom stereocenters. The molecule has 26 heavy (non-hydrogen) atoms. The van der Waals surface area contributed by atoms with Crippen LogP contribution in [0.25, 0.3) is 10.2 Å². The van der Waals surface area contributed by atoms with Gasteiger partial charge in [-0.1, -0.05) is 12.1 Å². The second-order valence-corrected chi connectivity index (χ2v) is 9.01. The Morgan fingerprint density at radius 2 is 2.19 bits per heavy atom. The van der Waals surface area contributed by atoms with E-state index in [2.05, 4.69) is 11.9 Å². The first kappa shape index (κ1) is 19.1. The number of benzene rings is 1. The summed E-state index contributed by atoms with van der Waals surface area (Å²) in [5.74, 6) is 0. The number of thiazole rings is 1. The molecule has 0 bridgehead atoms. The van der Waals surface area contributed by atoms with Crippen molar-refractivity contribution in [3.63, 3.8) is 0 Å². The van der Waals surface area contributed by atoms with Crippen molar-refractivity contribution < 1.29 is 14.6 Å². The van der Waals surface area contributed by atoms with Crippen LogP contribution in [0.15, 0.2) is 23.7 Å². The van der Waals surface area contributed by atoms with Crippen LogP contribution in [0.2, 0.25) is 0 Å². The molecule has 2 aromatic rings. The number of aliphatic hydroxyl groups excluding tert-OH is 1. The van der Waals surface area contributed by atoms with Crippen LogP contribution in [-0.2, 0) is 4.74 Å². The summed E-state index contributed by atoms with van der Waals surface area (Å²) in [6.07, 6.45) is 2.47. The van der Waals surface area contributed by atoms with E-state index in [0.717, 1.165) is 35.0 Å². The minimum Gasteiger partial charge on any atom is -0.444 e. The highest BCUT2D eigenvalue weighted by molar-refractivity contribution is 7.16. The van der Waals surface area contributed by atoms with Gasteiger partial charge in [0.1, 0.15) is 5.60 Å². The second kappa shape index (κ2) is 7.53. The van der Waals surface area contributed by atoms with E-state index in [1.807, 2.05) is 43.9 Å². The molecule has 0 spiro atoms. The summed E-state index contributed by atoms with van der Waals surface area (Å²) in [7, 11) is 0. The zero-order chi connectivity index (χ0) is 18.9. The maximum absolute atomic E-state index is 12.7. The smallest absolute Gasteiger partial charge is 0.410 e. The van der Waals surface area contributed by atoms with Gasteiger partial charge in [-0.2, -0.15) is 0 Å². The van der Waals surface area contributed by atoms with Crippen molar-refractivity contribution in [1.29, 1.82) is 0 Å². The fourth-order valence-electron chi connectivity index (χ4n) is 3.72. The molecular weight excluding hydrogens is 348 g/mol. The van der Waals surface area contributed by atoms with Gasteiger partial charge in [0.2, 0.25) is 0 Å². The fraction of sp³-hybridized carbons (Fsp3) is 0.600. The van der Waals surface area contributed by atoms with Crippen LogP contribution in [0, 0.1) is 0 Å². The van der Waals surface area contributed by atoms with Crippen LogP contribution in [0.4, 0.5) is 4.79 Å². The van der Waals surface area contributed by atoms with Crippen molar-refractivity contribution in [2.75, 3.05) is 0 Å². The van der Waals surface area contributed by atoms with Crippen LogP contribution in [-0.4, -0.2) is 38.8 Å². The molecule has 1 aromatic carbocycles. The maximum Gasteiger partial charge on any atom is 0.410 e. The Morgan fingerprint density at radius 3 is 2.92 bits per heavy atom. The van der Waals surface area contributed by atoms with E-state index in [1.54, 1.807) is 16.8 Å². The number of carbonyl (C=O) groups excluding carboxylic acids is 1. The highest BCUT2D eigenvalue weighted by Crippen LogP contribution is 2.33. The van der Waals surface area contributed by atoms with E-state index in [9.17, 15) is 9.90 Å². The van der Waals surface area contributed by atoms with Crippen molar-refractivity contribution in [3.05, 3.63) is 29.3 Å². The number of aliphatic hydroxyl groups is 1. The van der Waals surface area contributed by atoms with Gasteiger partial charge in [0.15, 0.2) is 0 Å². The highest BCUT2D eigenvalue weighted by Gasteiger charge is 2.36. The summed E-state index contributed by atoms with van der Waals surface area (Å²) >= 11 is 1.57. The Hall–Kier alpha value is -1.66. The maximum atomic E-state index is 12.7. The molecule has 1 saturated heterocycles. The first-order valence-electron chi connectivity index (χ1n) is 9.28. The summed E-state index contributed by atoms with van der Waals surface area (Å²) < 4.78 is 6.69. The fourth-order valence-corrected chi connectivity index (χ4v) is 4.43. The lowest BCUT2D eigenvalue weighted by Gasteiger charge is -2.41. The van der Waals surface area contributed by atoms with Gasteiger partial charge in [0.25, 0.3) is 0 Å². The van der Waals surface area contributed by atoms with Crippen LogP contribution in [0.3, 0.4) is 0 Å². The van der Waals surface area contributed by atoms with Gasteiger partial charge in [-0.25, -0.2) is 9.78 Å². The van der Waals surface area contributed by atoms with E-state index in [1.165, 1.54) is 0 Å². The van der Waals surface area contributed by atoms with Crippen LogP contribution < -0.4 is 0 Å². The SMILES string of the molecule is C[C@H]1CCC[C@@H](C[C@H](O)c2cccc3scnc23)N1C(=O)OC(C)(C)C. The Bertz CT molecular complexity index is 768. The molecule has 2 heterocycles. The molecule has 1 fully saturated rings. The number of fused-ring (bicyclic) bond motifs is 1. The average Bonchev–Trinajstić information content (AvgIpc) is 3.01. The summed E-state index contributed by atoms with van der Waals surface area (Å²) in [6, 6.07) is 5.98. The van der Waals surface area contributed by atoms with Gasteiger partial charge < -0.3 is 14.7 Å². The van der Waals surface area contributed by atoms with E-state index in [-0.39, 0.29) is 18.2 Å². The molecule has 0 saturated carbocycles. The third-order valence-corrected chi connectivity index (χ3v) is 5.67. The molecule has 1 aliphatic heterocycles. The standard InChI is InChI=1S/C20H28N2O3S/c1-13-7-5-8-14(22(13)19(24)25-20(2,3)4)11-16(23)15-9-6-10-17-18(15)21-12-26-17/h6,9-10,12-14,16,23H,5,7-8,11H2,1-4H3/t13-,14-,16-/m0/s1. The minimum absolute atomic E-state index is 0.0301. The summed E-state index contributed by atoms with van der Waals surface area (Å²) in [6.45, 7) is 7.70. The van der Waals surface area contributed by atoms with Crippen molar-refractivity contribution in [1.82, 2.24) is 9.88 Å². The van der Waals surface area contributed by atoms with Crippen molar-refractivity contribution in [2.24, 2.45) is 0 Å². The van der Waals surface area contributed by atoms with Gasteiger partial charge >= 0.3 is 6.09 Å². The Kier molecular flexibility index (Phi) is 5.53. The van der Waals surface area contributed by atoms with Crippen LogP contribution >= 0.6 is 11.3 Å². The summed E-state index contributed by atoms with van der Waals surface area (Å²) in [5, 5.41) is 10.9. The third kappa shape index (κ3) is 4.18. The van der Waals surface area contributed by atoms with Gasteiger partial charge in [-0.3, -0.25) is 0 Å². The van der Waals surface area contributed by atoms with Crippen LogP contribution in [0.5, 0.6) is 0 Å². The van der Waals surface area contributed by atoms with Crippen molar-refractivity contribution >= 4 is 27.6 Å². The predicted molar refractivity (Wildman–Crippen MR) is 104 cm³/mol. The molecule has 6 heteroatoms. The molecular formula is C20H28N2O3S. The number of amides is 1. The zero-order valence-electron chi connectivity index (χ0n) is 15.9. The molecule has 1 N–H and O–H groups in total. The number of ether oxygens (including phenoxy) is 1. The number of piperidine rings is 1. The van der Waals surface area contributed by atoms with E-state index in [4.69, 9.17) is 4.74 Å². The van der Waals surface area contributed by atoms with Gasteiger partial charge in [-0.15, -0.1) is 11.3 Å². The largest absolute Gasteiger partial charge is 0.444 e. The van der Waals surface area contributed by atoms with Gasteiger partial charge in [-0.05, 0) is 59.4 Å². The zero-order valence-corrected chi connectivity index (χ0v) is 16.8. The highest BCUT2D eigenvalue weighted by atomic mass is 32.1. The number of hydrogen-bond acceptors (Lipinski definition) is 5. The lowest BCUT2D eigenvalue weighted by Crippen LogP contribution is -2.51. The predicted octanol–water partition coefficient (Wildman–Crippen LogP) is 4.90. The first-order valence-corrected chi connectivity index (χ1v) is 10.2. The van der Waals surface area contributed by atoms with E-state index < -0.39 is 11.7 Å². The molecule has 1 aliphatic rings. The average molecular weight is 377 g/mol. The van der Waals surface area contributed by atoms with E-state index >= 15 is 0 Å². The lowest BCUT2D eigenvalue weighted by atomic mass is 9.91. The van der Waals surface area contributed by atoms with Crippen molar-refractivity contribution in [3.8, 4) is 0 Å². The molecule has 5 nitrogen and oxygen atoms in total. The molecule has 0 radical (unpaired) electrons. The first-order chi connectivity index (χ1) is 12.3. The molecule has 1 aromatic heterocycles. The molecule has 0 unspecified atom stereocenters. The molecule has 1 amide bonds. The number of likely N-dealkylation sites (tertiary alicyclic amines) is 1. The monoisotopic (exact) mass is 376 g/mol. The van der Waals surface area contributed by atoms with Gasteiger partial charge in [0.05, 0.1) is 21.8 Å². The number of carbonyl (C=O) groups is 1. The molecule has 142 valence electrons. The van der Waals surface area contributed by atoms with Crippen LogP contribution in [0.1, 0.15) is 65.0 Å². The van der Waals surface area contributed by atoms with Gasteiger partial charge in [0, 0.05) is 17.6 Å². The Balaban J connectivity index is 1.79. The Labute approximate surface area is 159 Å². The molecule has 3 rings (SSSR count). The topological polar surface area (TPSA) is 62.7 Å². The summed E-state index contributed by atoms with van der Waals surface area (Å²) in [5.41, 5.74) is 2.98. The minimum atomic E-state index is -0.652. The van der Waals surface area contributed by atoms with E-state index in [0.29, 0.717) is 6.42 Å².